The molecule has 0 bridgehead atoms. The van der Waals surface area contributed by atoms with E-state index >= 15 is 0 Å². The predicted octanol–water partition coefficient (Wildman–Crippen LogP) is 3.69. The predicted molar refractivity (Wildman–Crippen MR) is 82.8 cm³/mol. The van der Waals surface area contributed by atoms with Crippen molar-refractivity contribution >= 4 is 17.5 Å². The molecule has 1 fully saturated rings. The molecule has 1 saturated carbocycles. The lowest BCUT2D eigenvalue weighted by Crippen LogP contribution is -2.43. The number of hydrogen-bond donors (Lipinski definition) is 1. The number of rotatable bonds is 4. The van der Waals surface area contributed by atoms with Gasteiger partial charge < -0.3 is 5.32 Å². The summed E-state index contributed by atoms with van der Waals surface area (Å²) in [4.78, 5) is 12.2. The number of benzene rings is 1. The lowest BCUT2D eigenvalue weighted by atomic mass is 9.76. The van der Waals surface area contributed by atoms with E-state index in [2.05, 4.69) is 10.4 Å². The summed E-state index contributed by atoms with van der Waals surface area (Å²) in [5.41, 5.74) is 0.519. The zero-order valence-electron chi connectivity index (χ0n) is 12.5. The van der Waals surface area contributed by atoms with E-state index in [4.69, 9.17) is 11.6 Å². The molecule has 0 atom stereocenters. The summed E-state index contributed by atoms with van der Waals surface area (Å²) in [7, 11) is 1.51. The number of halogens is 3. The van der Waals surface area contributed by atoms with Gasteiger partial charge in [0.1, 0.15) is 5.69 Å². The van der Waals surface area contributed by atoms with Crippen molar-refractivity contribution in [2.45, 2.75) is 31.2 Å². The van der Waals surface area contributed by atoms with Crippen LogP contribution in [0.15, 0.2) is 30.5 Å². The van der Waals surface area contributed by atoms with Crippen LogP contribution >= 0.6 is 11.6 Å². The fourth-order valence-corrected chi connectivity index (χ4v) is 3.19. The molecular weight excluding hydrogens is 324 g/mol. The smallest absolute Gasteiger partial charge is 0.282 e. The second-order valence-electron chi connectivity index (χ2n) is 5.76. The highest BCUT2D eigenvalue weighted by atomic mass is 35.5. The highest BCUT2D eigenvalue weighted by molar-refractivity contribution is 6.31. The van der Waals surface area contributed by atoms with Gasteiger partial charge in [-0.15, -0.1) is 0 Å². The van der Waals surface area contributed by atoms with Crippen LogP contribution in [0.25, 0.3) is 0 Å². The second kappa shape index (κ2) is 6.28. The Bertz CT molecular complexity index is 726. The Morgan fingerprint density at radius 1 is 1.39 bits per heavy atom. The number of hydrogen-bond acceptors (Lipinski definition) is 2. The third-order valence-corrected chi connectivity index (χ3v) is 4.47. The maximum atomic E-state index is 12.9. The van der Waals surface area contributed by atoms with E-state index in [-0.39, 0.29) is 17.5 Å². The molecule has 1 aromatic heterocycles. The summed E-state index contributed by atoms with van der Waals surface area (Å²) >= 11 is 6.16. The molecule has 4 nitrogen and oxygen atoms in total. The lowest BCUT2D eigenvalue weighted by molar-refractivity contribution is 0.0895. The number of nitrogens with one attached hydrogen (secondary N) is 1. The van der Waals surface area contributed by atoms with Gasteiger partial charge in [-0.3, -0.25) is 9.48 Å². The molecule has 23 heavy (non-hydrogen) atoms. The van der Waals surface area contributed by atoms with E-state index in [1.807, 2.05) is 24.3 Å². The molecule has 1 aliphatic carbocycles. The molecule has 122 valence electrons. The first-order valence-corrected chi connectivity index (χ1v) is 7.70. The molecule has 0 aliphatic heterocycles. The normalized spacial score (nSPS) is 20.4. The van der Waals surface area contributed by atoms with Crippen LogP contribution in [0.2, 0.25) is 5.02 Å². The van der Waals surface area contributed by atoms with Crippen LogP contribution in [0.5, 0.6) is 0 Å². The molecule has 0 saturated heterocycles. The van der Waals surface area contributed by atoms with Crippen molar-refractivity contribution in [2.24, 2.45) is 7.05 Å². The fourth-order valence-electron chi connectivity index (χ4n) is 2.90. The first-order valence-electron chi connectivity index (χ1n) is 7.32. The van der Waals surface area contributed by atoms with Crippen LogP contribution in [0.4, 0.5) is 8.78 Å². The van der Waals surface area contributed by atoms with Crippen molar-refractivity contribution < 1.29 is 13.6 Å². The molecular formula is C16H16ClF2N3O. The Balaban J connectivity index is 1.62. The molecule has 0 radical (unpaired) electrons. The topological polar surface area (TPSA) is 46.9 Å². The third kappa shape index (κ3) is 3.22. The monoisotopic (exact) mass is 339 g/mol. The van der Waals surface area contributed by atoms with Gasteiger partial charge in [0, 0.05) is 24.3 Å². The largest absolute Gasteiger partial charge is 0.349 e. The Hall–Kier alpha value is -1.95. The minimum absolute atomic E-state index is 0.0329. The molecule has 2 aromatic rings. The summed E-state index contributed by atoms with van der Waals surface area (Å²) in [5.74, 6) is -0.214. The summed E-state index contributed by atoms with van der Waals surface area (Å²) in [6.45, 7) is 0. The third-order valence-electron chi connectivity index (χ3n) is 4.13. The van der Waals surface area contributed by atoms with E-state index in [0.29, 0.717) is 0 Å². The van der Waals surface area contributed by atoms with Crippen molar-refractivity contribution in [3.63, 3.8) is 0 Å². The summed E-state index contributed by atoms with van der Waals surface area (Å²) < 4.78 is 27.0. The van der Waals surface area contributed by atoms with E-state index in [1.54, 1.807) is 0 Å². The first kappa shape index (κ1) is 15.9. The van der Waals surface area contributed by atoms with Crippen molar-refractivity contribution in [3.05, 3.63) is 52.3 Å². The lowest BCUT2D eigenvalue weighted by Gasteiger charge is -2.36. The van der Waals surface area contributed by atoms with Crippen molar-refractivity contribution in [2.75, 3.05) is 0 Å². The van der Waals surface area contributed by atoms with Crippen molar-refractivity contribution in [3.8, 4) is 0 Å². The van der Waals surface area contributed by atoms with Crippen molar-refractivity contribution in [1.29, 1.82) is 0 Å². The number of aromatic nitrogens is 2. The average molecular weight is 340 g/mol. The molecule has 1 aromatic carbocycles. The van der Waals surface area contributed by atoms with Crippen LogP contribution in [-0.4, -0.2) is 21.7 Å². The van der Waals surface area contributed by atoms with Gasteiger partial charge in [0.15, 0.2) is 0 Å². The standard InChI is InChI=1S/C16H16ClF2N3O/c1-22-8-12(14(21-22)15(18)19)16(23)20-10-6-9(7-10)11-4-2-3-5-13(11)17/h2-5,8-10,15H,6-7H2,1H3,(H,20,23). The molecule has 0 unspecified atom stereocenters. The van der Waals surface area contributed by atoms with Crippen LogP contribution in [0.1, 0.15) is 46.8 Å². The van der Waals surface area contributed by atoms with E-state index in [1.165, 1.54) is 17.9 Å². The minimum Gasteiger partial charge on any atom is -0.349 e. The number of carbonyl (C=O) groups is 1. The van der Waals surface area contributed by atoms with Crippen LogP contribution in [0, 0.1) is 0 Å². The maximum absolute atomic E-state index is 12.9. The summed E-state index contributed by atoms with van der Waals surface area (Å²) in [5, 5.41) is 7.15. The molecule has 7 heteroatoms. The molecule has 3 rings (SSSR count). The van der Waals surface area contributed by atoms with E-state index in [0.717, 1.165) is 23.4 Å². The minimum atomic E-state index is -2.77. The second-order valence-corrected chi connectivity index (χ2v) is 6.17. The van der Waals surface area contributed by atoms with Gasteiger partial charge >= 0.3 is 0 Å². The van der Waals surface area contributed by atoms with Gasteiger partial charge in [-0.2, -0.15) is 5.10 Å². The number of nitrogens with zero attached hydrogens (tertiary/aromatic N) is 2. The molecule has 1 N–H and O–H groups in total. The van der Waals surface area contributed by atoms with Gasteiger partial charge in [-0.05, 0) is 30.4 Å². The Labute approximate surface area is 137 Å². The highest BCUT2D eigenvalue weighted by Gasteiger charge is 2.33. The zero-order chi connectivity index (χ0) is 16.6. The Kier molecular flexibility index (Phi) is 4.35. The first-order chi connectivity index (χ1) is 11.0. The number of alkyl halides is 2. The summed E-state index contributed by atoms with van der Waals surface area (Å²) in [6, 6.07) is 7.58. The Morgan fingerprint density at radius 2 is 2.09 bits per heavy atom. The Morgan fingerprint density at radius 3 is 2.74 bits per heavy atom. The van der Waals surface area contributed by atoms with Gasteiger partial charge in [0.2, 0.25) is 0 Å². The fraction of sp³-hybridized carbons (Fsp3) is 0.375. The van der Waals surface area contributed by atoms with E-state index in [9.17, 15) is 13.6 Å². The molecule has 1 aliphatic rings. The molecule has 0 spiro atoms. The summed E-state index contributed by atoms with van der Waals surface area (Å²) in [6.07, 6.45) is 0.0507. The van der Waals surface area contributed by atoms with Gasteiger partial charge in [-0.1, -0.05) is 29.8 Å². The SMILES string of the molecule is Cn1cc(C(=O)NC2CC(c3ccccc3Cl)C2)c(C(F)F)n1. The number of amides is 1. The molecule has 1 heterocycles. The van der Waals surface area contributed by atoms with E-state index < -0.39 is 18.0 Å². The van der Waals surface area contributed by atoms with Gasteiger partial charge in [0.05, 0.1) is 5.56 Å². The molecule has 1 amide bonds. The highest BCUT2D eigenvalue weighted by Crippen LogP contribution is 2.40. The number of carbonyl (C=O) groups excluding carboxylic acids is 1. The maximum Gasteiger partial charge on any atom is 0.282 e. The van der Waals surface area contributed by atoms with Crippen LogP contribution < -0.4 is 5.32 Å². The zero-order valence-corrected chi connectivity index (χ0v) is 13.2. The van der Waals surface area contributed by atoms with Crippen LogP contribution in [0.3, 0.4) is 0 Å². The van der Waals surface area contributed by atoms with Gasteiger partial charge in [-0.25, -0.2) is 8.78 Å². The average Bonchev–Trinajstić information content (AvgIpc) is 2.86. The quantitative estimate of drug-likeness (QED) is 0.923. The van der Waals surface area contributed by atoms with Gasteiger partial charge in [0.25, 0.3) is 12.3 Å². The number of aryl methyl sites for hydroxylation is 1. The van der Waals surface area contributed by atoms with Crippen molar-refractivity contribution in [1.82, 2.24) is 15.1 Å². The van der Waals surface area contributed by atoms with Crippen LogP contribution in [-0.2, 0) is 7.05 Å².